The largest absolute Gasteiger partial charge is 0.391 e. The average Bonchev–Trinajstić information content (AvgIpc) is 2.73. The zero-order chi connectivity index (χ0) is 14.5. The molecular formula is C14H25N5OS. The number of hydrogen-bond donors (Lipinski definition) is 2. The Kier molecular flexibility index (Phi) is 5.51. The van der Waals surface area contributed by atoms with Gasteiger partial charge in [-0.3, -0.25) is 4.90 Å². The Balaban J connectivity index is 1.49. The Morgan fingerprint density at radius 2 is 2.00 bits per heavy atom. The molecule has 0 radical (unpaired) electrons. The molecule has 1 aromatic rings. The first-order valence-corrected chi connectivity index (χ1v) is 8.97. The predicted molar refractivity (Wildman–Crippen MR) is 83.6 cm³/mol. The van der Waals surface area contributed by atoms with Gasteiger partial charge >= 0.3 is 0 Å². The van der Waals surface area contributed by atoms with Gasteiger partial charge < -0.3 is 15.0 Å². The Hall–Kier alpha value is -0.630. The second-order valence-electron chi connectivity index (χ2n) is 5.88. The van der Waals surface area contributed by atoms with Crippen molar-refractivity contribution in [1.29, 1.82) is 0 Å². The van der Waals surface area contributed by atoms with Crippen molar-refractivity contribution in [3.05, 3.63) is 5.82 Å². The second kappa shape index (κ2) is 7.58. The first kappa shape index (κ1) is 15.3. The maximum Gasteiger partial charge on any atom is 0.191 e. The molecule has 118 valence electrons. The number of fused-ring (bicyclic) bond motifs is 1. The zero-order valence-electron chi connectivity index (χ0n) is 12.5. The smallest absolute Gasteiger partial charge is 0.191 e. The van der Waals surface area contributed by atoms with Gasteiger partial charge in [-0.05, 0) is 12.8 Å². The molecule has 0 spiro atoms. The molecule has 0 amide bonds. The van der Waals surface area contributed by atoms with E-state index in [0.717, 1.165) is 56.7 Å². The number of aryl methyl sites for hydroxylation is 1. The van der Waals surface area contributed by atoms with Crippen LogP contribution in [0.1, 0.15) is 25.1 Å². The number of nitrogens with one attached hydrogen (secondary N) is 1. The highest BCUT2D eigenvalue weighted by Crippen LogP contribution is 2.22. The summed E-state index contributed by atoms with van der Waals surface area (Å²) in [5, 5.41) is 23.1. The molecule has 0 aromatic carbocycles. The van der Waals surface area contributed by atoms with Crippen LogP contribution >= 0.6 is 11.8 Å². The highest BCUT2D eigenvalue weighted by atomic mass is 32.2. The van der Waals surface area contributed by atoms with Crippen molar-refractivity contribution >= 4 is 11.8 Å². The van der Waals surface area contributed by atoms with E-state index in [0.29, 0.717) is 5.75 Å². The van der Waals surface area contributed by atoms with E-state index in [1.54, 1.807) is 11.8 Å². The predicted octanol–water partition coefficient (Wildman–Crippen LogP) is 0.363. The normalized spacial score (nSPS) is 21.8. The quantitative estimate of drug-likeness (QED) is 0.766. The van der Waals surface area contributed by atoms with E-state index < -0.39 is 0 Å². The van der Waals surface area contributed by atoms with Gasteiger partial charge in [0, 0.05) is 51.4 Å². The van der Waals surface area contributed by atoms with Crippen LogP contribution in [-0.4, -0.2) is 69.4 Å². The number of rotatable bonds is 5. The number of nitrogens with zero attached hydrogens (tertiary/aromatic N) is 4. The third kappa shape index (κ3) is 4.18. The third-order valence-electron chi connectivity index (χ3n) is 4.16. The Morgan fingerprint density at radius 1 is 1.14 bits per heavy atom. The molecule has 1 unspecified atom stereocenters. The van der Waals surface area contributed by atoms with Crippen molar-refractivity contribution in [1.82, 2.24) is 25.0 Å². The highest BCUT2D eigenvalue weighted by Gasteiger charge is 2.18. The summed E-state index contributed by atoms with van der Waals surface area (Å²) < 4.78 is 2.25. The molecule has 0 aliphatic carbocycles. The zero-order valence-corrected chi connectivity index (χ0v) is 13.3. The minimum atomic E-state index is -0.299. The van der Waals surface area contributed by atoms with E-state index in [1.165, 1.54) is 19.3 Å². The first-order chi connectivity index (χ1) is 10.3. The number of hydrogen-bond acceptors (Lipinski definition) is 6. The fourth-order valence-corrected chi connectivity index (χ4v) is 3.88. The van der Waals surface area contributed by atoms with Crippen LogP contribution in [0, 0.1) is 0 Å². The lowest BCUT2D eigenvalue weighted by molar-refractivity contribution is 0.121. The number of piperazine rings is 1. The molecule has 3 heterocycles. The summed E-state index contributed by atoms with van der Waals surface area (Å²) in [5.74, 6) is 1.81. The van der Waals surface area contributed by atoms with Crippen LogP contribution in [-0.2, 0) is 13.0 Å². The Morgan fingerprint density at radius 3 is 2.86 bits per heavy atom. The van der Waals surface area contributed by atoms with Gasteiger partial charge in [0.25, 0.3) is 0 Å². The molecular weight excluding hydrogens is 286 g/mol. The van der Waals surface area contributed by atoms with E-state index in [4.69, 9.17) is 0 Å². The van der Waals surface area contributed by atoms with Gasteiger partial charge in [0.2, 0.25) is 0 Å². The molecule has 1 saturated heterocycles. The first-order valence-electron chi connectivity index (χ1n) is 7.99. The van der Waals surface area contributed by atoms with Crippen LogP contribution in [0.2, 0.25) is 0 Å². The Labute approximate surface area is 130 Å². The van der Waals surface area contributed by atoms with Crippen molar-refractivity contribution in [3.63, 3.8) is 0 Å². The summed E-state index contributed by atoms with van der Waals surface area (Å²) in [6.45, 7) is 5.90. The summed E-state index contributed by atoms with van der Waals surface area (Å²) in [6.07, 6.45) is 4.44. The van der Waals surface area contributed by atoms with Gasteiger partial charge in [-0.15, -0.1) is 10.2 Å². The summed E-state index contributed by atoms with van der Waals surface area (Å²) in [4.78, 5) is 2.33. The van der Waals surface area contributed by atoms with Crippen LogP contribution in [0.15, 0.2) is 5.16 Å². The number of β-amino-alcohol motifs (C(OH)–C–C–N with tert-alkyl or cyclic N) is 1. The maximum atomic E-state index is 10.2. The number of aromatic nitrogens is 3. The van der Waals surface area contributed by atoms with E-state index in [2.05, 4.69) is 25.0 Å². The van der Waals surface area contributed by atoms with Crippen molar-refractivity contribution in [2.45, 2.75) is 43.5 Å². The molecule has 7 heteroatoms. The minimum absolute atomic E-state index is 0.299. The number of thioether (sulfide) groups is 1. The molecule has 0 saturated carbocycles. The molecule has 2 N–H and O–H groups in total. The van der Waals surface area contributed by atoms with E-state index in [1.807, 2.05) is 0 Å². The van der Waals surface area contributed by atoms with Crippen LogP contribution in [0.5, 0.6) is 0 Å². The Bertz CT molecular complexity index is 447. The molecule has 3 rings (SSSR count). The molecule has 1 fully saturated rings. The molecule has 6 nitrogen and oxygen atoms in total. The van der Waals surface area contributed by atoms with E-state index in [-0.39, 0.29) is 6.10 Å². The molecule has 1 atom stereocenters. The molecule has 2 aliphatic rings. The molecule has 1 aromatic heterocycles. The molecule has 0 bridgehead atoms. The lowest BCUT2D eigenvalue weighted by Crippen LogP contribution is -2.46. The topological polar surface area (TPSA) is 66.2 Å². The SMILES string of the molecule is OC(CSc1nnc2n1CCCCC2)CN1CCNCC1. The van der Waals surface area contributed by atoms with Crippen molar-refractivity contribution in [2.75, 3.05) is 38.5 Å². The van der Waals surface area contributed by atoms with Gasteiger partial charge in [0.15, 0.2) is 5.16 Å². The van der Waals surface area contributed by atoms with Gasteiger partial charge in [0.05, 0.1) is 6.10 Å². The van der Waals surface area contributed by atoms with Gasteiger partial charge in [-0.1, -0.05) is 18.2 Å². The fourth-order valence-electron chi connectivity index (χ4n) is 2.98. The van der Waals surface area contributed by atoms with Gasteiger partial charge in [-0.25, -0.2) is 0 Å². The van der Waals surface area contributed by atoms with Crippen LogP contribution in [0.4, 0.5) is 0 Å². The second-order valence-corrected chi connectivity index (χ2v) is 6.86. The molecule has 21 heavy (non-hydrogen) atoms. The van der Waals surface area contributed by atoms with Crippen LogP contribution < -0.4 is 5.32 Å². The number of aliphatic hydroxyl groups is 1. The van der Waals surface area contributed by atoms with Crippen LogP contribution in [0.3, 0.4) is 0 Å². The van der Waals surface area contributed by atoms with Crippen molar-refractivity contribution in [3.8, 4) is 0 Å². The monoisotopic (exact) mass is 311 g/mol. The summed E-state index contributed by atoms with van der Waals surface area (Å²) in [5.41, 5.74) is 0. The lowest BCUT2D eigenvalue weighted by Gasteiger charge is -2.28. The lowest BCUT2D eigenvalue weighted by atomic mass is 10.2. The van der Waals surface area contributed by atoms with Crippen molar-refractivity contribution in [2.24, 2.45) is 0 Å². The minimum Gasteiger partial charge on any atom is -0.391 e. The van der Waals surface area contributed by atoms with E-state index in [9.17, 15) is 5.11 Å². The van der Waals surface area contributed by atoms with Crippen LogP contribution in [0.25, 0.3) is 0 Å². The summed E-state index contributed by atoms with van der Waals surface area (Å²) >= 11 is 1.64. The standard InChI is InChI=1S/C14H25N5OS/c20-12(10-18-8-5-15-6-9-18)11-21-14-17-16-13-4-2-1-3-7-19(13)14/h12,15,20H,1-11H2. The fraction of sp³-hybridized carbons (Fsp3) is 0.857. The van der Waals surface area contributed by atoms with Gasteiger partial charge in [0.1, 0.15) is 5.82 Å². The number of aliphatic hydroxyl groups excluding tert-OH is 1. The maximum absolute atomic E-state index is 10.2. The third-order valence-corrected chi connectivity index (χ3v) is 5.27. The van der Waals surface area contributed by atoms with Gasteiger partial charge in [-0.2, -0.15) is 0 Å². The highest BCUT2D eigenvalue weighted by molar-refractivity contribution is 7.99. The average molecular weight is 311 g/mol. The summed E-state index contributed by atoms with van der Waals surface area (Å²) in [7, 11) is 0. The molecule has 2 aliphatic heterocycles. The van der Waals surface area contributed by atoms with Crippen molar-refractivity contribution < 1.29 is 5.11 Å². The summed E-state index contributed by atoms with van der Waals surface area (Å²) in [6, 6.07) is 0. The van der Waals surface area contributed by atoms with E-state index >= 15 is 0 Å².